The Bertz CT molecular complexity index is 912. The van der Waals surface area contributed by atoms with Crippen LogP contribution in [-0.4, -0.2) is 24.1 Å². The van der Waals surface area contributed by atoms with E-state index in [1.54, 1.807) is 24.3 Å². The van der Waals surface area contributed by atoms with Crippen LogP contribution >= 0.6 is 22.9 Å². The van der Waals surface area contributed by atoms with Crippen molar-refractivity contribution in [1.29, 1.82) is 0 Å². The maximum atomic E-state index is 12.1. The van der Waals surface area contributed by atoms with Crippen LogP contribution in [0.4, 0.5) is 5.13 Å². The number of nitrogens with one attached hydrogen (secondary N) is 1. The lowest BCUT2D eigenvalue weighted by Crippen LogP contribution is -2.12. The summed E-state index contributed by atoms with van der Waals surface area (Å²) in [6, 6.07) is 14.9. The largest absolute Gasteiger partial charge is 0.494 e. The summed E-state index contributed by atoms with van der Waals surface area (Å²) in [5, 5.41) is 6.00. The summed E-state index contributed by atoms with van der Waals surface area (Å²) in [5.74, 6) is 1.44. The average molecular weight is 417 g/mol. The lowest BCUT2D eigenvalue weighted by atomic mass is 10.1. The van der Waals surface area contributed by atoms with Gasteiger partial charge in [-0.1, -0.05) is 23.7 Å². The van der Waals surface area contributed by atoms with E-state index in [1.165, 1.54) is 11.3 Å². The van der Waals surface area contributed by atoms with Crippen molar-refractivity contribution in [1.82, 2.24) is 4.98 Å². The SMILES string of the molecule is CCOc1ccccc1-c1csc(NC(=O)CCCOc2ccc(Cl)cc2)n1. The number of rotatable bonds is 9. The molecule has 0 aliphatic heterocycles. The van der Waals surface area contributed by atoms with Gasteiger partial charge in [-0.05, 0) is 49.7 Å². The number of carbonyl (C=O) groups is 1. The smallest absolute Gasteiger partial charge is 0.226 e. The van der Waals surface area contributed by atoms with Gasteiger partial charge in [0.15, 0.2) is 5.13 Å². The highest BCUT2D eigenvalue weighted by Crippen LogP contribution is 2.32. The van der Waals surface area contributed by atoms with Crippen molar-refractivity contribution < 1.29 is 14.3 Å². The minimum Gasteiger partial charge on any atom is -0.494 e. The molecule has 28 heavy (non-hydrogen) atoms. The number of hydrogen-bond donors (Lipinski definition) is 1. The van der Waals surface area contributed by atoms with Crippen molar-refractivity contribution in [3.8, 4) is 22.8 Å². The van der Waals surface area contributed by atoms with Crippen molar-refractivity contribution in [2.75, 3.05) is 18.5 Å². The first-order valence-electron chi connectivity index (χ1n) is 9.01. The van der Waals surface area contributed by atoms with Crippen LogP contribution in [0, 0.1) is 0 Å². The Hall–Kier alpha value is -2.57. The van der Waals surface area contributed by atoms with Crippen LogP contribution in [-0.2, 0) is 4.79 Å². The highest BCUT2D eigenvalue weighted by Gasteiger charge is 2.11. The van der Waals surface area contributed by atoms with Crippen molar-refractivity contribution >= 4 is 34.0 Å². The number of aromatic nitrogens is 1. The average Bonchev–Trinajstić information content (AvgIpc) is 3.15. The molecule has 1 aromatic heterocycles. The topological polar surface area (TPSA) is 60.5 Å². The molecule has 1 N–H and O–H groups in total. The molecule has 1 amide bonds. The van der Waals surface area contributed by atoms with Gasteiger partial charge in [0.25, 0.3) is 0 Å². The number of benzene rings is 2. The van der Waals surface area contributed by atoms with Gasteiger partial charge in [-0.15, -0.1) is 11.3 Å². The van der Waals surface area contributed by atoms with E-state index in [9.17, 15) is 4.79 Å². The number of anilines is 1. The van der Waals surface area contributed by atoms with Crippen LogP contribution in [0.2, 0.25) is 5.02 Å². The number of carbonyl (C=O) groups excluding carboxylic acids is 1. The van der Waals surface area contributed by atoms with E-state index in [2.05, 4.69) is 10.3 Å². The van der Waals surface area contributed by atoms with E-state index in [4.69, 9.17) is 21.1 Å². The molecular formula is C21H21ClN2O3S. The van der Waals surface area contributed by atoms with E-state index in [-0.39, 0.29) is 5.91 Å². The molecule has 7 heteroatoms. The molecule has 0 fully saturated rings. The molecule has 0 bridgehead atoms. The van der Waals surface area contributed by atoms with Gasteiger partial charge in [0, 0.05) is 22.4 Å². The van der Waals surface area contributed by atoms with E-state index >= 15 is 0 Å². The Labute approximate surface area is 173 Å². The maximum Gasteiger partial charge on any atom is 0.226 e. The summed E-state index contributed by atoms with van der Waals surface area (Å²) in [6.45, 7) is 2.99. The molecule has 0 radical (unpaired) electrons. The third-order valence-electron chi connectivity index (χ3n) is 3.84. The number of amides is 1. The number of halogens is 1. The van der Waals surface area contributed by atoms with Crippen molar-refractivity contribution in [2.24, 2.45) is 0 Å². The van der Waals surface area contributed by atoms with Crippen molar-refractivity contribution in [3.05, 3.63) is 58.9 Å². The fraction of sp³-hybridized carbons (Fsp3) is 0.238. The first-order valence-corrected chi connectivity index (χ1v) is 10.3. The molecule has 0 saturated carbocycles. The quantitative estimate of drug-likeness (QED) is 0.457. The van der Waals surface area contributed by atoms with Gasteiger partial charge in [-0.3, -0.25) is 4.79 Å². The predicted molar refractivity (Wildman–Crippen MR) is 114 cm³/mol. The second-order valence-electron chi connectivity index (χ2n) is 5.92. The van der Waals surface area contributed by atoms with Gasteiger partial charge in [0.1, 0.15) is 11.5 Å². The molecule has 1 heterocycles. The van der Waals surface area contributed by atoms with Crippen LogP contribution in [0.5, 0.6) is 11.5 Å². The van der Waals surface area contributed by atoms with E-state index in [0.29, 0.717) is 36.2 Å². The minimum absolute atomic E-state index is 0.0845. The maximum absolute atomic E-state index is 12.1. The number of thiazole rings is 1. The predicted octanol–water partition coefficient (Wildman–Crippen LogP) is 5.66. The number of para-hydroxylation sites is 1. The molecular weight excluding hydrogens is 396 g/mol. The molecule has 3 aromatic rings. The molecule has 3 rings (SSSR count). The second kappa shape index (κ2) is 10.1. The first-order chi connectivity index (χ1) is 13.7. The monoisotopic (exact) mass is 416 g/mol. The van der Waals surface area contributed by atoms with Gasteiger partial charge in [0.05, 0.1) is 18.9 Å². The summed E-state index contributed by atoms with van der Waals surface area (Å²) in [4.78, 5) is 16.7. The van der Waals surface area contributed by atoms with Gasteiger partial charge in [-0.25, -0.2) is 4.98 Å². The standard InChI is InChI=1S/C21H21ClN2O3S/c1-2-26-19-7-4-3-6-17(19)18-14-28-21(23-18)24-20(25)8-5-13-27-16-11-9-15(22)10-12-16/h3-4,6-7,9-12,14H,2,5,8,13H2,1H3,(H,23,24,25). The number of ether oxygens (including phenoxy) is 2. The van der Waals surface area contributed by atoms with Gasteiger partial charge in [-0.2, -0.15) is 0 Å². The Morgan fingerprint density at radius 3 is 2.71 bits per heavy atom. The Morgan fingerprint density at radius 1 is 1.14 bits per heavy atom. The Morgan fingerprint density at radius 2 is 1.93 bits per heavy atom. The lowest BCUT2D eigenvalue weighted by Gasteiger charge is -2.07. The zero-order valence-electron chi connectivity index (χ0n) is 15.5. The van der Waals surface area contributed by atoms with Crippen LogP contribution in [0.1, 0.15) is 19.8 Å². The van der Waals surface area contributed by atoms with Gasteiger partial charge < -0.3 is 14.8 Å². The third-order valence-corrected chi connectivity index (χ3v) is 4.85. The molecule has 0 unspecified atom stereocenters. The van der Waals surface area contributed by atoms with E-state index < -0.39 is 0 Å². The van der Waals surface area contributed by atoms with Crippen molar-refractivity contribution in [2.45, 2.75) is 19.8 Å². The summed E-state index contributed by atoms with van der Waals surface area (Å²) < 4.78 is 11.2. The molecule has 5 nitrogen and oxygen atoms in total. The van der Waals surface area contributed by atoms with Crippen LogP contribution in [0.3, 0.4) is 0 Å². The van der Waals surface area contributed by atoms with E-state index in [1.807, 2.05) is 36.6 Å². The summed E-state index contributed by atoms with van der Waals surface area (Å²) in [5.41, 5.74) is 1.70. The molecule has 0 aliphatic rings. The molecule has 0 saturated heterocycles. The van der Waals surface area contributed by atoms with Crippen LogP contribution < -0.4 is 14.8 Å². The van der Waals surface area contributed by atoms with Gasteiger partial charge in [0.2, 0.25) is 5.91 Å². The lowest BCUT2D eigenvalue weighted by molar-refractivity contribution is -0.116. The zero-order chi connectivity index (χ0) is 19.8. The van der Waals surface area contributed by atoms with Gasteiger partial charge >= 0.3 is 0 Å². The van der Waals surface area contributed by atoms with Crippen molar-refractivity contribution in [3.63, 3.8) is 0 Å². The first kappa shape index (κ1) is 20.2. The third kappa shape index (κ3) is 5.71. The molecule has 2 aromatic carbocycles. The Kier molecular flexibility index (Phi) is 7.28. The summed E-state index contributed by atoms with van der Waals surface area (Å²) >= 11 is 7.23. The molecule has 0 aliphatic carbocycles. The number of hydrogen-bond acceptors (Lipinski definition) is 5. The minimum atomic E-state index is -0.0845. The normalized spacial score (nSPS) is 10.5. The highest BCUT2D eigenvalue weighted by molar-refractivity contribution is 7.14. The van der Waals surface area contributed by atoms with E-state index in [0.717, 1.165) is 22.8 Å². The molecule has 0 spiro atoms. The summed E-state index contributed by atoms with van der Waals surface area (Å²) in [6.07, 6.45) is 0.970. The fourth-order valence-electron chi connectivity index (χ4n) is 2.55. The number of nitrogens with zero attached hydrogens (tertiary/aromatic N) is 1. The Balaban J connectivity index is 1.48. The highest BCUT2D eigenvalue weighted by atomic mass is 35.5. The second-order valence-corrected chi connectivity index (χ2v) is 7.22. The van der Waals surface area contributed by atoms with Crippen LogP contribution in [0.25, 0.3) is 11.3 Å². The molecule has 0 atom stereocenters. The summed E-state index contributed by atoms with van der Waals surface area (Å²) in [7, 11) is 0. The fourth-order valence-corrected chi connectivity index (χ4v) is 3.40. The molecule has 146 valence electrons. The van der Waals surface area contributed by atoms with Crippen LogP contribution in [0.15, 0.2) is 53.9 Å². The zero-order valence-corrected chi connectivity index (χ0v) is 17.1.